The zero-order chi connectivity index (χ0) is 16.7. The molecule has 3 rings (SSSR count). The van der Waals surface area contributed by atoms with Crippen molar-refractivity contribution in [1.29, 1.82) is 0 Å². The average Bonchev–Trinajstić information content (AvgIpc) is 2.54. The second-order valence-corrected chi connectivity index (χ2v) is 4.79. The van der Waals surface area contributed by atoms with Gasteiger partial charge in [0, 0.05) is 18.2 Å². The first-order valence-electron chi connectivity index (χ1n) is 6.63. The van der Waals surface area contributed by atoms with Crippen molar-refractivity contribution in [3.05, 3.63) is 28.4 Å². The summed E-state index contributed by atoms with van der Waals surface area (Å²) in [7, 11) is 4.13. The van der Waals surface area contributed by atoms with Crippen LogP contribution < -0.4 is 19.6 Å². The average molecular weight is 318 g/mol. The Labute approximate surface area is 130 Å². The number of ether oxygens (including phenoxy) is 3. The number of hydrogen-bond acceptors (Lipinski definition) is 7. The molecule has 2 N–H and O–H groups in total. The molecule has 0 aliphatic rings. The number of rotatable bonds is 3. The Bertz CT molecular complexity index is 972. The van der Waals surface area contributed by atoms with Crippen molar-refractivity contribution in [2.45, 2.75) is 0 Å². The molecule has 0 saturated carbocycles. The van der Waals surface area contributed by atoms with Gasteiger partial charge in [0.2, 0.25) is 5.43 Å². The molecule has 7 nitrogen and oxygen atoms in total. The van der Waals surface area contributed by atoms with Crippen LogP contribution in [0.2, 0.25) is 0 Å². The van der Waals surface area contributed by atoms with Gasteiger partial charge in [-0.3, -0.25) is 4.79 Å². The smallest absolute Gasteiger partial charge is 0.208 e. The maximum atomic E-state index is 12.8. The molecule has 7 heteroatoms. The summed E-state index contributed by atoms with van der Waals surface area (Å²) < 4.78 is 21.0. The van der Waals surface area contributed by atoms with Gasteiger partial charge >= 0.3 is 0 Å². The van der Waals surface area contributed by atoms with E-state index in [0.717, 1.165) is 0 Å². The van der Waals surface area contributed by atoms with E-state index in [1.54, 1.807) is 0 Å². The van der Waals surface area contributed by atoms with Gasteiger partial charge in [0.05, 0.1) is 21.3 Å². The molecule has 0 atom stereocenters. The maximum absolute atomic E-state index is 12.8. The largest absolute Gasteiger partial charge is 0.507 e. The lowest BCUT2D eigenvalue weighted by Gasteiger charge is -2.12. The van der Waals surface area contributed by atoms with Crippen LogP contribution in [0, 0.1) is 0 Å². The number of aromatic hydroxyl groups is 2. The second-order valence-electron chi connectivity index (χ2n) is 4.79. The van der Waals surface area contributed by atoms with E-state index < -0.39 is 5.43 Å². The first kappa shape index (κ1) is 14.8. The molecule has 1 aromatic heterocycles. The van der Waals surface area contributed by atoms with Crippen LogP contribution in [-0.2, 0) is 0 Å². The van der Waals surface area contributed by atoms with E-state index in [9.17, 15) is 15.0 Å². The third-order valence-corrected chi connectivity index (χ3v) is 3.56. The lowest BCUT2D eigenvalue weighted by atomic mass is 10.1. The lowest BCUT2D eigenvalue weighted by molar-refractivity contribution is 0.368. The molecule has 1 heterocycles. The van der Waals surface area contributed by atoms with Crippen LogP contribution >= 0.6 is 0 Å². The van der Waals surface area contributed by atoms with Gasteiger partial charge in [-0.25, -0.2) is 0 Å². The molecule has 0 saturated heterocycles. The molecule has 0 amide bonds. The monoisotopic (exact) mass is 318 g/mol. The number of phenols is 2. The highest BCUT2D eigenvalue weighted by molar-refractivity contribution is 5.99. The summed E-state index contributed by atoms with van der Waals surface area (Å²) in [4.78, 5) is 12.8. The first-order valence-corrected chi connectivity index (χ1v) is 6.63. The highest BCUT2D eigenvalue weighted by Gasteiger charge is 2.22. The minimum absolute atomic E-state index is 0.0164. The molecule has 0 aliphatic heterocycles. The highest BCUT2D eigenvalue weighted by atomic mass is 16.5. The number of methoxy groups -OCH3 is 3. The number of fused-ring (bicyclic) bond motifs is 2. The first-order chi connectivity index (χ1) is 11.0. The van der Waals surface area contributed by atoms with Gasteiger partial charge in [0.15, 0.2) is 22.8 Å². The van der Waals surface area contributed by atoms with Gasteiger partial charge in [0.1, 0.15) is 27.9 Å². The van der Waals surface area contributed by atoms with Gasteiger partial charge in [-0.1, -0.05) is 0 Å². The molecule has 0 fully saturated rings. The van der Waals surface area contributed by atoms with E-state index >= 15 is 0 Å². The van der Waals surface area contributed by atoms with Crippen LogP contribution in [0.25, 0.3) is 21.9 Å². The Hall–Kier alpha value is -3.09. The van der Waals surface area contributed by atoms with Crippen molar-refractivity contribution in [3.8, 4) is 28.7 Å². The van der Waals surface area contributed by atoms with E-state index in [4.69, 9.17) is 18.6 Å². The van der Waals surface area contributed by atoms with Crippen LogP contribution in [0.15, 0.2) is 27.4 Å². The molecular formula is C16H14O7. The Morgan fingerprint density at radius 2 is 1.65 bits per heavy atom. The number of phenolic OH excluding ortho intramolecular Hbond substituents is 2. The third kappa shape index (κ3) is 2.09. The molecule has 0 bridgehead atoms. The molecule has 120 valence electrons. The van der Waals surface area contributed by atoms with Crippen molar-refractivity contribution in [1.82, 2.24) is 0 Å². The van der Waals surface area contributed by atoms with E-state index in [2.05, 4.69) is 0 Å². The Morgan fingerprint density at radius 3 is 2.26 bits per heavy atom. The minimum atomic E-state index is -0.549. The van der Waals surface area contributed by atoms with Gasteiger partial charge in [0.25, 0.3) is 0 Å². The predicted octanol–water partition coefficient (Wildman–Crippen LogP) is 2.38. The third-order valence-electron chi connectivity index (χ3n) is 3.56. The van der Waals surface area contributed by atoms with E-state index in [1.807, 2.05) is 0 Å². The summed E-state index contributed by atoms with van der Waals surface area (Å²) >= 11 is 0. The summed E-state index contributed by atoms with van der Waals surface area (Å²) in [5, 5.41) is 20.1. The van der Waals surface area contributed by atoms with Crippen LogP contribution in [-0.4, -0.2) is 31.5 Å². The van der Waals surface area contributed by atoms with Crippen LogP contribution in [0.5, 0.6) is 28.7 Å². The maximum Gasteiger partial charge on any atom is 0.208 e. The van der Waals surface area contributed by atoms with Crippen molar-refractivity contribution < 1.29 is 28.8 Å². The number of benzene rings is 2. The Morgan fingerprint density at radius 1 is 0.913 bits per heavy atom. The fourth-order valence-corrected chi connectivity index (χ4v) is 2.51. The summed E-state index contributed by atoms with van der Waals surface area (Å²) in [6.07, 6.45) is 0. The summed E-state index contributed by atoms with van der Waals surface area (Å²) in [5.74, 6) is -0.107. The summed E-state index contributed by atoms with van der Waals surface area (Å²) in [6.45, 7) is 0. The van der Waals surface area contributed by atoms with Gasteiger partial charge in [-0.2, -0.15) is 0 Å². The molecule has 0 spiro atoms. The molecule has 0 unspecified atom stereocenters. The van der Waals surface area contributed by atoms with Crippen LogP contribution in [0.3, 0.4) is 0 Å². The molecule has 2 aromatic carbocycles. The van der Waals surface area contributed by atoms with Crippen molar-refractivity contribution >= 4 is 21.9 Å². The molecular weight excluding hydrogens is 304 g/mol. The minimum Gasteiger partial charge on any atom is -0.507 e. The fraction of sp³-hybridized carbons (Fsp3) is 0.188. The quantitative estimate of drug-likeness (QED) is 0.715. The second kappa shape index (κ2) is 5.28. The number of hydrogen-bond donors (Lipinski definition) is 2. The van der Waals surface area contributed by atoms with E-state index in [0.29, 0.717) is 5.75 Å². The standard InChI is InChI=1S/C16H14O7/c1-20-7-4-8(17)12-10(5-7)23-16-11(21-2)6-9(18)15(22-3)13(16)14(12)19/h4-6,17-18H,1-3H3. The van der Waals surface area contributed by atoms with E-state index in [-0.39, 0.29) is 44.9 Å². The van der Waals surface area contributed by atoms with Gasteiger partial charge < -0.3 is 28.8 Å². The van der Waals surface area contributed by atoms with Crippen molar-refractivity contribution in [2.75, 3.05) is 21.3 Å². The molecule has 0 radical (unpaired) electrons. The van der Waals surface area contributed by atoms with Crippen LogP contribution in [0.4, 0.5) is 0 Å². The molecule has 23 heavy (non-hydrogen) atoms. The Balaban J connectivity index is 2.60. The topological polar surface area (TPSA) is 98.4 Å². The van der Waals surface area contributed by atoms with Crippen LogP contribution in [0.1, 0.15) is 0 Å². The predicted molar refractivity (Wildman–Crippen MR) is 83.0 cm³/mol. The normalized spacial score (nSPS) is 10.9. The van der Waals surface area contributed by atoms with E-state index in [1.165, 1.54) is 39.5 Å². The zero-order valence-electron chi connectivity index (χ0n) is 12.7. The summed E-state index contributed by atoms with van der Waals surface area (Å²) in [6, 6.07) is 4.07. The molecule has 0 aliphatic carbocycles. The highest BCUT2D eigenvalue weighted by Crippen LogP contribution is 2.41. The van der Waals surface area contributed by atoms with Gasteiger partial charge in [-0.15, -0.1) is 0 Å². The fourth-order valence-electron chi connectivity index (χ4n) is 2.51. The SMILES string of the molecule is COc1cc(O)c2c(=O)c3c(OC)c(O)cc(OC)c3oc2c1. The van der Waals surface area contributed by atoms with Gasteiger partial charge in [-0.05, 0) is 0 Å². The molecule has 3 aromatic rings. The lowest BCUT2D eigenvalue weighted by Crippen LogP contribution is -2.06. The Kier molecular flexibility index (Phi) is 3.40. The zero-order valence-corrected chi connectivity index (χ0v) is 12.7. The van der Waals surface area contributed by atoms with Crippen molar-refractivity contribution in [2.24, 2.45) is 0 Å². The summed E-state index contributed by atoms with van der Waals surface area (Å²) in [5.41, 5.74) is -0.315. The van der Waals surface area contributed by atoms with Crippen molar-refractivity contribution in [3.63, 3.8) is 0 Å².